The molecule has 0 aliphatic carbocycles. The molecule has 0 saturated heterocycles. The summed E-state index contributed by atoms with van der Waals surface area (Å²) < 4.78 is 56.8. The minimum atomic E-state index is -3.77. The molecular weight excluding hydrogens is 480 g/mol. The molecule has 0 bridgehead atoms. The molecule has 2 rings (SSSR count). The quantitative estimate of drug-likeness (QED) is 0.330. The van der Waals surface area contributed by atoms with Crippen LogP contribution in [0.2, 0.25) is 0 Å². The molecule has 0 aromatic heterocycles. The summed E-state index contributed by atoms with van der Waals surface area (Å²) in [6, 6.07) is 7.59. The maximum Gasteiger partial charge on any atom is 0.352 e. The summed E-state index contributed by atoms with van der Waals surface area (Å²) in [6.07, 6.45) is 0.222. The zero-order valence-corrected chi connectivity index (χ0v) is 21.1. The van der Waals surface area contributed by atoms with Gasteiger partial charge in [0.25, 0.3) is 0 Å². The summed E-state index contributed by atoms with van der Waals surface area (Å²) in [4.78, 5) is 23.3. The highest BCUT2D eigenvalue weighted by molar-refractivity contribution is 7.93. The average molecular weight is 509 g/mol. The van der Waals surface area contributed by atoms with Crippen molar-refractivity contribution in [1.82, 2.24) is 0 Å². The van der Waals surface area contributed by atoms with E-state index in [0.29, 0.717) is 28.4 Å². The van der Waals surface area contributed by atoms with Crippen molar-refractivity contribution in [3.05, 3.63) is 46.9 Å². The molecule has 1 atom stereocenters. The van der Waals surface area contributed by atoms with Crippen LogP contribution in [-0.2, 0) is 29.9 Å². The SMILES string of the molecule is COc1cc(OC)c(/C=C/S(=O)(=O)Cc2ccc(OC)c(OC(=O)C(C)OC(C)=O)c2)c(OC)c1. The molecule has 190 valence electrons. The molecule has 0 N–H and O–H groups in total. The molecule has 0 aliphatic heterocycles. The van der Waals surface area contributed by atoms with Crippen LogP contribution >= 0.6 is 0 Å². The van der Waals surface area contributed by atoms with Gasteiger partial charge in [-0.3, -0.25) is 4.79 Å². The third kappa shape index (κ3) is 7.64. The van der Waals surface area contributed by atoms with Gasteiger partial charge in [-0.1, -0.05) is 6.07 Å². The van der Waals surface area contributed by atoms with E-state index >= 15 is 0 Å². The molecule has 0 saturated carbocycles. The van der Waals surface area contributed by atoms with E-state index in [2.05, 4.69) is 0 Å². The summed E-state index contributed by atoms with van der Waals surface area (Å²) in [5.41, 5.74) is 0.759. The molecule has 11 heteroatoms. The maximum atomic E-state index is 12.8. The van der Waals surface area contributed by atoms with Gasteiger partial charge >= 0.3 is 11.9 Å². The number of esters is 2. The molecule has 0 radical (unpaired) electrons. The summed E-state index contributed by atoms with van der Waals surface area (Å²) in [7, 11) is 1.99. The fourth-order valence-corrected chi connectivity index (χ4v) is 4.11. The Morgan fingerprint density at radius 1 is 0.886 bits per heavy atom. The lowest BCUT2D eigenvalue weighted by atomic mass is 10.1. The van der Waals surface area contributed by atoms with Gasteiger partial charge in [0.2, 0.25) is 0 Å². The molecule has 0 heterocycles. The Hall–Kier alpha value is -3.73. The Morgan fingerprint density at radius 2 is 1.49 bits per heavy atom. The molecule has 2 aromatic carbocycles. The first-order valence-corrected chi connectivity index (χ1v) is 12.0. The van der Waals surface area contributed by atoms with E-state index in [1.54, 1.807) is 12.1 Å². The third-order valence-corrected chi connectivity index (χ3v) is 5.96. The monoisotopic (exact) mass is 508 g/mol. The first kappa shape index (κ1) is 27.5. The minimum absolute atomic E-state index is 0.00771. The van der Waals surface area contributed by atoms with Gasteiger partial charge in [0.15, 0.2) is 27.4 Å². The molecule has 0 aliphatic rings. The number of hydrogen-bond donors (Lipinski definition) is 0. The number of hydrogen-bond acceptors (Lipinski definition) is 10. The Bertz CT molecular complexity index is 1180. The van der Waals surface area contributed by atoms with Gasteiger partial charge in [-0.15, -0.1) is 0 Å². The first-order valence-electron chi connectivity index (χ1n) is 10.3. The van der Waals surface area contributed by atoms with E-state index in [0.717, 1.165) is 5.41 Å². The lowest BCUT2D eigenvalue weighted by Crippen LogP contribution is -2.27. The van der Waals surface area contributed by atoms with Crippen molar-refractivity contribution in [3.8, 4) is 28.7 Å². The van der Waals surface area contributed by atoms with Gasteiger partial charge in [0.1, 0.15) is 17.2 Å². The topological polar surface area (TPSA) is 124 Å². The Balaban J connectivity index is 2.30. The van der Waals surface area contributed by atoms with Crippen LogP contribution < -0.4 is 23.7 Å². The van der Waals surface area contributed by atoms with E-state index < -0.39 is 33.6 Å². The number of rotatable bonds is 11. The van der Waals surface area contributed by atoms with Crippen LogP contribution in [0.3, 0.4) is 0 Å². The predicted octanol–water partition coefficient (Wildman–Crippen LogP) is 3.16. The minimum Gasteiger partial charge on any atom is -0.496 e. The smallest absolute Gasteiger partial charge is 0.352 e. The molecule has 0 fully saturated rings. The van der Waals surface area contributed by atoms with Gasteiger partial charge < -0.3 is 28.4 Å². The number of carbonyl (C=O) groups excluding carboxylic acids is 2. The van der Waals surface area contributed by atoms with Crippen LogP contribution in [0.5, 0.6) is 28.7 Å². The standard InChI is InChI=1S/C24H28O10S/c1-15(33-16(2)25)24(26)34-23-11-17(7-8-20(23)30-4)14-35(27,28)10-9-19-21(31-5)12-18(29-3)13-22(19)32-6/h7-13,15H,14H2,1-6H3/b10-9+. The number of sulfone groups is 1. The van der Waals surface area contributed by atoms with E-state index in [4.69, 9.17) is 28.4 Å². The second-order valence-corrected chi connectivity index (χ2v) is 9.10. The van der Waals surface area contributed by atoms with Crippen LogP contribution in [0, 0.1) is 0 Å². The summed E-state index contributed by atoms with van der Waals surface area (Å²) in [5.74, 6) is -0.443. The van der Waals surface area contributed by atoms with Crippen molar-refractivity contribution < 1.29 is 46.4 Å². The van der Waals surface area contributed by atoms with E-state index in [1.165, 1.54) is 66.6 Å². The van der Waals surface area contributed by atoms with Crippen LogP contribution in [0.15, 0.2) is 35.7 Å². The highest BCUT2D eigenvalue weighted by atomic mass is 32.2. The maximum absolute atomic E-state index is 12.8. The number of ether oxygens (including phenoxy) is 6. The van der Waals surface area contributed by atoms with Gasteiger partial charge in [-0.25, -0.2) is 13.2 Å². The fourth-order valence-electron chi connectivity index (χ4n) is 3.03. The molecule has 10 nitrogen and oxygen atoms in total. The van der Waals surface area contributed by atoms with Crippen LogP contribution in [0.4, 0.5) is 0 Å². The highest BCUT2D eigenvalue weighted by Crippen LogP contribution is 2.35. The van der Waals surface area contributed by atoms with Gasteiger partial charge in [-0.05, 0) is 30.7 Å². The zero-order chi connectivity index (χ0) is 26.2. The summed E-state index contributed by atoms with van der Waals surface area (Å²) in [5, 5.41) is 1.04. The molecular formula is C24H28O10S. The van der Waals surface area contributed by atoms with Crippen molar-refractivity contribution in [2.24, 2.45) is 0 Å². The Kier molecular flexibility index (Phi) is 9.52. The number of benzene rings is 2. The summed E-state index contributed by atoms with van der Waals surface area (Å²) >= 11 is 0. The lowest BCUT2D eigenvalue weighted by Gasteiger charge is -2.14. The molecule has 0 amide bonds. The van der Waals surface area contributed by atoms with Crippen LogP contribution in [-0.4, -0.2) is 54.9 Å². The average Bonchev–Trinajstić information content (AvgIpc) is 2.81. The second-order valence-electron chi connectivity index (χ2n) is 7.21. The van der Waals surface area contributed by atoms with Gasteiger partial charge in [0, 0.05) is 24.5 Å². The lowest BCUT2D eigenvalue weighted by molar-refractivity contribution is -0.159. The zero-order valence-electron chi connectivity index (χ0n) is 20.3. The molecule has 2 aromatic rings. The van der Waals surface area contributed by atoms with E-state index in [1.807, 2.05) is 0 Å². The van der Waals surface area contributed by atoms with E-state index in [-0.39, 0.29) is 11.5 Å². The normalized spacial score (nSPS) is 12.1. The van der Waals surface area contributed by atoms with Crippen molar-refractivity contribution in [3.63, 3.8) is 0 Å². The first-order chi connectivity index (χ1) is 16.5. The van der Waals surface area contributed by atoms with E-state index in [9.17, 15) is 18.0 Å². The molecule has 1 unspecified atom stereocenters. The van der Waals surface area contributed by atoms with Crippen molar-refractivity contribution in [1.29, 1.82) is 0 Å². The van der Waals surface area contributed by atoms with Crippen molar-refractivity contribution >= 4 is 27.9 Å². The molecule has 35 heavy (non-hydrogen) atoms. The Morgan fingerprint density at radius 3 is 2.00 bits per heavy atom. The second kappa shape index (κ2) is 12.1. The predicted molar refractivity (Wildman–Crippen MR) is 128 cm³/mol. The fraction of sp³-hybridized carbons (Fsp3) is 0.333. The largest absolute Gasteiger partial charge is 0.496 e. The van der Waals surface area contributed by atoms with Crippen LogP contribution in [0.25, 0.3) is 6.08 Å². The number of carbonyl (C=O) groups is 2. The van der Waals surface area contributed by atoms with Gasteiger partial charge in [0.05, 0.1) is 39.8 Å². The van der Waals surface area contributed by atoms with Crippen LogP contribution in [0.1, 0.15) is 25.0 Å². The van der Waals surface area contributed by atoms with Gasteiger partial charge in [-0.2, -0.15) is 0 Å². The highest BCUT2D eigenvalue weighted by Gasteiger charge is 2.21. The van der Waals surface area contributed by atoms with Crippen molar-refractivity contribution in [2.75, 3.05) is 28.4 Å². The molecule has 0 spiro atoms. The number of methoxy groups -OCH3 is 4. The van der Waals surface area contributed by atoms with Crippen molar-refractivity contribution in [2.45, 2.75) is 25.7 Å². The third-order valence-electron chi connectivity index (χ3n) is 4.68. The summed E-state index contributed by atoms with van der Waals surface area (Å²) in [6.45, 7) is 2.53. The Labute approximate surface area is 204 Å².